The first-order chi connectivity index (χ1) is 5.60. The average molecular weight is 170 g/mol. The lowest BCUT2D eigenvalue weighted by atomic mass is 9.65. The molecule has 1 rings (SSSR count). The molecule has 0 atom stereocenters. The predicted octanol–water partition coefficient (Wildman–Crippen LogP) is 2.83. The van der Waals surface area contributed by atoms with Crippen LogP contribution >= 0.6 is 0 Å². The fraction of sp³-hybridized carbons (Fsp3) is 1.00. The highest BCUT2D eigenvalue weighted by Gasteiger charge is 2.36. The van der Waals surface area contributed by atoms with Gasteiger partial charge < -0.3 is 5.11 Å². The smallest absolute Gasteiger partial charge is 0.0489 e. The second-order valence-electron chi connectivity index (χ2n) is 4.86. The van der Waals surface area contributed by atoms with Gasteiger partial charge in [0.05, 0.1) is 0 Å². The molecule has 0 aromatic rings. The molecule has 0 amide bonds. The highest BCUT2D eigenvalue weighted by molar-refractivity contribution is 4.86. The molecule has 72 valence electrons. The van der Waals surface area contributed by atoms with Crippen molar-refractivity contribution in [3.05, 3.63) is 0 Å². The molecule has 12 heavy (non-hydrogen) atoms. The molecule has 0 radical (unpaired) electrons. The molecule has 0 aliphatic heterocycles. The minimum absolute atomic E-state index is 0.256. The lowest BCUT2D eigenvalue weighted by molar-refractivity contribution is 0.0252. The van der Waals surface area contributed by atoms with E-state index in [0.717, 1.165) is 5.92 Å². The van der Waals surface area contributed by atoms with Gasteiger partial charge in [0.1, 0.15) is 0 Å². The van der Waals surface area contributed by atoms with Crippen LogP contribution in [0.15, 0.2) is 0 Å². The Kier molecular flexibility index (Phi) is 3.16. The van der Waals surface area contributed by atoms with E-state index in [1.807, 2.05) is 0 Å². The second kappa shape index (κ2) is 3.78. The van der Waals surface area contributed by atoms with Crippen LogP contribution in [0.1, 0.15) is 46.5 Å². The van der Waals surface area contributed by atoms with E-state index >= 15 is 0 Å². The van der Waals surface area contributed by atoms with Crippen molar-refractivity contribution in [1.82, 2.24) is 0 Å². The molecule has 0 bridgehead atoms. The minimum Gasteiger partial charge on any atom is -0.396 e. The molecule has 1 nitrogen and oxygen atoms in total. The topological polar surface area (TPSA) is 20.2 Å². The van der Waals surface area contributed by atoms with E-state index < -0.39 is 0 Å². The molecular formula is C11H22O. The zero-order valence-corrected chi connectivity index (χ0v) is 8.64. The summed E-state index contributed by atoms with van der Waals surface area (Å²) in [5.74, 6) is 1.51. The van der Waals surface area contributed by atoms with E-state index in [4.69, 9.17) is 0 Å². The third kappa shape index (κ3) is 1.82. The molecule has 0 aromatic heterocycles. The molecule has 0 spiro atoms. The zero-order valence-electron chi connectivity index (χ0n) is 8.64. The fourth-order valence-electron chi connectivity index (χ4n) is 2.26. The zero-order chi connectivity index (χ0) is 9.19. The first-order valence-corrected chi connectivity index (χ1v) is 5.21. The lowest BCUT2D eigenvalue weighted by Gasteiger charge is -2.41. The molecule has 0 unspecified atom stereocenters. The van der Waals surface area contributed by atoms with Crippen LogP contribution in [0.3, 0.4) is 0 Å². The highest BCUT2D eigenvalue weighted by Crippen LogP contribution is 2.43. The summed E-state index contributed by atoms with van der Waals surface area (Å²) in [6, 6.07) is 0. The fourth-order valence-corrected chi connectivity index (χ4v) is 2.26. The van der Waals surface area contributed by atoms with Crippen molar-refractivity contribution in [2.24, 2.45) is 17.3 Å². The van der Waals surface area contributed by atoms with Gasteiger partial charge >= 0.3 is 0 Å². The van der Waals surface area contributed by atoms with Crippen molar-refractivity contribution >= 4 is 0 Å². The number of aliphatic hydroxyl groups excluding tert-OH is 1. The van der Waals surface area contributed by atoms with Gasteiger partial charge in [0.25, 0.3) is 0 Å². The van der Waals surface area contributed by atoms with E-state index in [9.17, 15) is 5.11 Å². The van der Waals surface area contributed by atoms with Gasteiger partial charge in [-0.05, 0) is 30.1 Å². The summed E-state index contributed by atoms with van der Waals surface area (Å²) in [6.07, 6.45) is 5.06. The highest BCUT2D eigenvalue weighted by atomic mass is 16.3. The van der Waals surface area contributed by atoms with E-state index in [-0.39, 0.29) is 5.41 Å². The maximum atomic E-state index is 9.40. The first kappa shape index (κ1) is 10.0. The molecule has 1 aliphatic carbocycles. The lowest BCUT2D eigenvalue weighted by Crippen LogP contribution is -2.35. The predicted molar refractivity (Wildman–Crippen MR) is 52.0 cm³/mol. The Morgan fingerprint density at radius 3 is 2.17 bits per heavy atom. The number of rotatable bonds is 2. The second-order valence-corrected chi connectivity index (χ2v) is 4.86. The molecule has 1 heteroatoms. The van der Waals surface area contributed by atoms with Crippen LogP contribution in [0.4, 0.5) is 0 Å². The maximum Gasteiger partial charge on any atom is 0.0489 e. The normalized spacial score (nSPS) is 37.2. The van der Waals surface area contributed by atoms with E-state index in [0.29, 0.717) is 12.5 Å². The Morgan fingerprint density at radius 1 is 1.33 bits per heavy atom. The molecule has 0 saturated heterocycles. The Bertz CT molecular complexity index is 132. The van der Waals surface area contributed by atoms with Crippen LogP contribution in [-0.2, 0) is 0 Å². The Labute approximate surface area is 76.2 Å². The number of hydrogen-bond donors (Lipinski definition) is 1. The monoisotopic (exact) mass is 170 g/mol. The average Bonchev–Trinajstić information content (AvgIpc) is 2.06. The summed E-state index contributed by atoms with van der Waals surface area (Å²) in [5, 5.41) is 9.40. The van der Waals surface area contributed by atoms with Crippen molar-refractivity contribution in [2.45, 2.75) is 46.5 Å². The van der Waals surface area contributed by atoms with Crippen LogP contribution in [0.25, 0.3) is 0 Å². The van der Waals surface area contributed by atoms with Gasteiger partial charge in [0, 0.05) is 6.61 Å². The van der Waals surface area contributed by atoms with Crippen molar-refractivity contribution in [2.75, 3.05) is 6.61 Å². The standard InChI is InChI=1S/C11H22O/c1-9(2)11(8-12)6-4-10(3)5-7-11/h9-10,12H,4-8H2,1-3H3. The van der Waals surface area contributed by atoms with E-state index in [1.165, 1.54) is 25.7 Å². The summed E-state index contributed by atoms with van der Waals surface area (Å²) >= 11 is 0. The minimum atomic E-state index is 0.256. The van der Waals surface area contributed by atoms with E-state index in [2.05, 4.69) is 20.8 Å². The molecule has 1 N–H and O–H groups in total. The Morgan fingerprint density at radius 2 is 1.83 bits per heavy atom. The van der Waals surface area contributed by atoms with Gasteiger partial charge in [-0.1, -0.05) is 33.6 Å². The SMILES string of the molecule is CC1CCC(CO)(C(C)C)CC1. The van der Waals surface area contributed by atoms with Crippen LogP contribution < -0.4 is 0 Å². The quantitative estimate of drug-likeness (QED) is 0.675. The summed E-state index contributed by atoms with van der Waals surface area (Å²) in [5.41, 5.74) is 0.256. The van der Waals surface area contributed by atoms with E-state index in [1.54, 1.807) is 0 Å². The van der Waals surface area contributed by atoms with Crippen LogP contribution in [-0.4, -0.2) is 11.7 Å². The van der Waals surface area contributed by atoms with Gasteiger partial charge in [0.15, 0.2) is 0 Å². The molecule has 0 heterocycles. The summed E-state index contributed by atoms with van der Waals surface area (Å²) < 4.78 is 0. The van der Waals surface area contributed by atoms with Gasteiger partial charge in [-0.25, -0.2) is 0 Å². The van der Waals surface area contributed by atoms with Gasteiger partial charge in [0.2, 0.25) is 0 Å². The third-order valence-corrected chi connectivity index (χ3v) is 3.81. The summed E-state index contributed by atoms with van der Waals surface area (Å²) in [6.45, 7) is 7.19. The number of aliphatic hydroxyl groups is 1. The largest absolute Gasteiger partial charge is 0.396 e. The van der Waals surface area contributed by atoms with Crippen molar-refractivity contribution in [3.8, 4) is 0 Å². The molecule has 0 aromatic carbocycles. The van der Waals surface area contributed by atoms with Crippen LogP contribution in [0.2, 0.25) is 0 Å². The van der Waals surface area contributed by atoms with Gasteiger partial charge in [-0.3, -0.25) is 0 Å². The summed E-state index contributed by atoms with van der Waals surface area (Å²) in [7, 11) is 0. The molecule has 1 fully saturated rings. The van der Waals surface area contributed by atoms with Crippen LogP contribution in [0.5, 0.6) is 0 Å². The number of hydrogen-bond acceptors (Lipinski definition) is 1. The molecule has 1 saturated carbocycles. The van der Waals surface area contributed by atoms with Crippen molar-refractivity contribution in [3.63, 3.8) is 0 Å². The van der Waals surface area contributed by atoms with Gasteiger partial charge in [-0.2, -0.15) is 0 Å². The summed E-state index contributed by atoms with van der Waals surface area (Å²) in [4.78, 5) is 0. The Balaban J connectivity index is 2.57. The van der Waals surface area contributed by atoms with Gasteiger partial charge in [-0.15, -0.1) is 0 Å². The van der Waals surface area contributed by atoms with Crippen LogP contribution in [0, 0.1) is 17.3 Å². The molecule has 1 aliphatic rings. The maximum absolute atomic E-state index is 9.40. The van der Waals surface area contributed by atoms with Crippen molar-refractivity contribution in [1.29, 1.82) is 0 Å². The van der Waals surface area contributed by atoms with Crippen molar-refractivity contribution < 1.29 is 5.11 Å². The first-order valence-electron chi connectivity index (χ1n) is 5.21. The Hall–Kier alpha value is -0.0400. The third-order valence-electron chi connectivity index (χ3n) is 3.81. The molecular weight excluding hydrogens is 148 g/mol.